The summed E-state index contributed by atoms with van der Waals surface area (Å²) in [5, 5.41) is 0. The van der Waals surface area contributed by atoms with Gasteiger partial charge >= 0.3 is 7.12 Å². The summed E-state index contributed by atoms with van der Waals surface area (Å²) in [5.41, 5.74) is 1.63. The predicted molar refractivity (Wildman–Crippen MR) is 89.4 cm³/mol. The van der Waals surface area contributed by atoms with Gasteiger partial charge in [0.2, 0.25) is 0 Å². The highest BCUT2D eigenvalue weighted by Gasteiger charge is 2.52. The van der Waals surface area contributed by atoms with Crippen molar-refractivity contribution in [2.75, 3.05) is 20.1 Å². The van der Waals surface area contributed by atoms with Crippen molar-refractivity contribution >= 4 is 12.7 Å². The van der Waals surface area contributed by atoms with E-state index < -0.39 is 0 Å². The zero-order valence-electron chi connectivity index (χ0n) is 14.4. The molecule has 0 spiro atoms. The van der Waals surface area contributed by atoms with Gasteiger partial charge in [-0.15, -0.1) is 0 Å². The maximum atomic E-state index is 6.12. The fourth-order valence-corrected chi connectivity index (χ4v) is 3.15. The summed E-state index contributed by atoms with van der Waals surface area (Å²) in [6.45, 7) is 10.6. The SMILES string of the molecule is CN1CCC(c2ccnc(B3OC(C)(C)C(C)(C)O3)c2)CC1. The standard InChI is InChI=1S/C17H27BN2O2/c1-16(2)17(3,4)22-18(21-16)15-12-14(6-9-19-15)13-7-10-20(5)11-8-13/h6,9,12-13H,7-8,10-11H2,1-5H3. The Bertz CT molecular complexity index is 523. The lowest BCUT2D eigenvalue weighted by Crippen LogP contribution is -2.41. The van der Waals surface area contributed by atoms with Gasteiger partial charge < -0.3 is 14.2 Å². The molecule has 3 heterocycles. The summed E-state index contributed by atoms with van der Waals surface area (Å²) in [7, 11) is 1.83. The van der Waals surface area contributed by atoms with Crippen LogP contribution >= 0.6 is 0 Å². The number of aromatic nitrogens is 1. The van der Waals surface area contributed by atoms with E-state index in [0.717, 1.165) is 5.59 Å². The second kappa shape index (κ2) is 5.62. The molecule has 0 saturated carbocycles. The van der Waals surface area contributed by atoms with Gasteiger partial charge in [0.25, 0.3) is 0 Å². The van der Waals surface area contributed by atoms with Crippen LogP contribution in [-0.2, 0) is 9.31 Å². The topological polar surface area (TPSA) is 34.6 Å². The van der Waals surface area contributed by atoms with Gasteiger partial charge in [-0.3, -0.25) is 4.98 Å². The number of piperidine rings is 1. The fraction of sp³-hybridized carbons (Fsp3) is 0.706. The van der Waals surface area contributed by atoms with E-state index in [2.05, 4.69) is 56.8 Å². The number of likely N-dealkylation sites (tertiary alicyclic amines) is 1. The van der Waals surface area contributed by atoms with E-state index in [1.807, 2.05) is 6.20 Å². The van der Waals surface area contributed by atoms with Crippen molar-refractivity contribution in [2.24, 2.45) is 0 Å². The highest BCUT2D eigenvalue weighted by atomic mass is 16.7. The van der Waals surface area contributed by atoms with Crippen LogP contribution in [0.5, 0.6) is 0 Å². The van der Waals surface area contributed by atoms with E-state index in [-0.39, 0.29) is 18.3 Å². The smallest absolute Gasteiger partial charge is 0.398 e. The van der Waals surface area contributed by atoms with E-state index in [4.69, 9.17) is 9.31 Å². The molecule has 0 N–H and O–H groups in total. The highest BCUT2D eigenvalue weighted by Crippen LogP contribution is 2.36. The third kappa shape index (κ3) is 2.94. The van der Waals surface area contributed by atoms with E-state index in [1.54, 1.807) is 0 Å². The molecule has 3 rings (SSSR count). The second-order valence-corrected chi connectivity index (χ2v) is 7.68. The molecule has 120 valence electrons. The third-order valence-electron chi connectivity index (χ3n) is 5.49. The van der Waals surface area contributed by atoms with Crippen LogP contribution < -0.4 is 5.59 Å². The van der Waals surface area contributed by atoms with Crippen LogP contribution in [0.4, 0.5) is 0 Å². The molecule has 2 aliphatic rings. The summed E-state index contributed by atoms with van der Waals surface area (Å²) >= 11 is 0. The van der Waals surface area contributed by atoms with Gasteiger partial charge in [-0.2, -0.15) is 0 Å². The largest absolute Gasteiger partial charge is 0.514 e. The molecule has 2 aliphatic heterocycles. The normalized spacial score (nSPS) is 25.6. The van der Waals surface area contributed by atoms with Gasteiger partial charge in [0.1, 0.15) is 0 Å². The summed E-state index contributed by atoms with van der Waals surface area (Å²) in [6, 6.07) is 4.32. The molecule has 0 aromatic carbocycles. The van der Waals surface area contributed by atoms with Gasteiger partial charge in [-0.1, -0.05) is 0 Å². The molecule has 22 heavy (non-hydrogen) atoms. The Labute approximate surface area is 134 Å². The Morgan fingerprint density at radius 1 is 1.14 bits per heavy atom. The Balaban J connectivity index is 1.78. The molecule has 1 aromatic heterocycles. The summed E-state index contributed by atoms with van der Waals surface area (Å²) < 4.78 is 12.2. The minimum atomic E-state index is -0.365. The van der Waals surface area contributed by atoms with Crippen molar-refractivity contribution in [2.45, 2.75) is 57.7 Å². The van der Waals surface area contributed by atoms with E-state index in [1.165, 1.54) is 31.5 Å². The first-order chi connectivity index (χ1) is 10.3. The summed E-state index contributed by atoms with van der Waals surface area (Å²) in [4.78, 5) is 6.90. The molecular formula is C17H27BN2O2. The van der Waals surface area contributed by atoms with Crippen LogP contribution in [0.15, 0.2) is 18.3 Å². The first kappa shape index (κ1) is 16.0. The lowest BCUT2D eigenvalue weighted by Gasteiger charge is -2.32. The van der Waals surface area contributed by atoms with Crippen LogP contribution in [0.25, 0.3) is 0 Å². The molecule has 0 radical (unpaired) electrons. The number of pyridine rings is 1. The molecular weight excluding hydrogens is 275 g/mol. The Hall–Kier alpha value is -0.905. The Morgan fingerprint density at radius 2 is 1.73 bits per heavy atom. The van der Waals surface area contributed by atoms with Crippen LogP contribution in [0, 0.1) is 0 Å². The summed E-state index contributed by atoms with van der Waals surface area (Å²) in [5.74, 6) is 0.625. The van der Waals surface area contributed by atoms with Crippen molar-refractivity contribution in [3.8, 4) is 0 Å². The molecule has 5 heteroatoms. The Morgan fingerprint density at radius 3 is 2.32 bits per heavy atom. The van der Waals surface area contributed by atoms with Crippen LogP contribution in [0.1, 0.15) is 52.0 Å². The van der Waals surface area contributed by atoms with E-state index in [9.17, 15) is 0 Å². The first-order valence-corrected chi connectivity index (χ1v) is 8.28. The van der Waals surface area contributed by atoms with Gasteiger partial charge in [0.15, 0.2) is 0 Å². The number of hydrogen-bond acceptors (Lipinski definition) is 4. The summed E-state index contributed by atoms with van der Waals surface area (Å²) in [6.07, 6.45) is 4.32. The minimum absolute atomic E-state index is 0.317. The molecule has 0 amide bonds. The fourth-order valence-electron chi connectivity index (χ4n) is 3.15. The lowest BCUT2D eigenvalue weighted by molar-refractivity contribution is 0.00578. The molecule has 4 nitrogen and oxygen atoms in total. The number of hydrogen-bond donors (Lipinski definition) is 0. The van der Waals surface area contributed by atoms with Gasteiger partial charge in [0.05, 0.1) is 16.8 Å². The molecule has 0 unspecified atom stereocenters. The van der Waals surface area contributed by atoms with E-state index in [0.29, 0.717) is 5.92 Å². The highest BCUT2D eigenvalue weighted by molar-refractivity contribution is 6.61. The van der Waals surface area contributed by atoms with Crippen molar-refractivity contribution in [1.82, 2.24) is 9.88 Å². The monoisotopic (exact) mass is 302 g/mol. The maximum absolute atomic E-state index is 6.12. The average Bonchev–Trinajstić information content (AvgIpc) is 2.68. The zero-order chi connectivity index (χ0) is 16.0. The minimum Gasteiger partial charge on any atom is -0.398 e. The van der Waals surface area contributed by atoms with Crippen LogP contribution in [-0.4, -0.2) is 48.3 Å². The molecule has 2 fully saturated rings. The van der Waals surface area contributed by atoms with Gasteiger partial charge in [-0.05, 0) is 84.3 Å². The second-order valence-electron chi connectivity index (χ2n) is 7.68. The number of nitrogens with zero attached hydrogens (tertiary/aromatic N) is 2. The quantitative estimate of drug-likeness (QED) is 0.784. The average molecular weight is 302 g/mol. The predicted octanol–water partition coefficient (Wildman–Crippen LogP) is 2.19. The molecule has 1 aromatic rings. The third-order valence-corrected chi connectivity index (χ3v) is 5.49. The van der Waals surface area contributed by atoms with Crippen molar-refractivity contribution in [3.05, 3.63) is 23.9 Å². The first-order valence-electron chi connectivity index (χ1n) is 8.28. The van der Waals surface area contributed by atoms with Crippen molar-refractivity contribution in [1.29, 1.82) is 0 Å². The van der Waals surface area contributed by atoms with Gasteiger partial charge in [0, 0.05) is 6.20 Å². The Kier molecular flexibility index (Phi) is 4.08. The van der Waals surface area contributed by atoms with Crippen LogP contribution in [0.2, 0.25) is 0 Å². The zero-order valence-corrected chi connectivity index (χ0v) is 14.4. The lowest BCUT2D eigenvalue weighted by atomic mass is 9.81. The molecule has 0 bridgehead atoms. The van der Waals surface area contributed by atoms with Crippen LogP contribution in [0.3, 0.4) is 0 Å². The molecule has 2 saturated heterocycles. The van der Waals surface area contributed by atoms with Crippen molar-refractivity contribution < 1.29 is 9.31 Å². The van der Waals surface area contributed by atoms with Gasteiger partial charge in [-0.25, -0.2) is 0 Å². The maximum Gasteiger partial charge on any atom is 0.514 e. The molecule has 0 aliphatic carbocycles. The van der Waals surface area contributed by atoms with E-state index >= 15 is 0 Å². The van der Waals surface area contributed by atoms with Crippen molar-refractivity contribution in [3.63, 3.8) is 0 Å². The number of rotatable bonds is 2. The molecule has 0 atom stereocenters.